The van der Waals surface area contributed by atoms with Crippen LogP contribution in [-0.2, 0) is 6.54 Å². The van der Waals surface area contributed by atoms with E-state index in [1.807, 2.05) is 19.9 Å². The van der Waals surface area contributed by atoms with Gasteiger partial charge in [0.15, 0.2) is 0 Å². The predicted octanol–water partition coefficient (Wildman–Crippen LogP) is 1.99. The standard InChI is InChI=1S/C11H17ClN2O/c1-3-11(2,15)8-14-6-9-4-5-13-7-10(9)12/h4-5,7,14-15H,3,6,8H2,1-2H3. The number of hydrogen-bond acceptors (Lipinski definition) is 3. The van der Waals surface area contributed by atoms with E-state index in [-0.39, 0.29) is 0 Å². The Balaban J connectivity index is 2.42. The molecule has 0 spiro atoms. The van der Waals surface area contributed by atoms with Crippen LogP contribution in [0.2, 0.25) is 5.02 Å². The van der Waals surface area contributed by atoms with Gasteiger partial charge in [-0.2, -0.15) is 0 Å². The Morgan fingerprint density at radius 1 is 1.60 bits per heavy atom. The third-order valence-corrected chi connectivity index (χ3v) is 2.78. The molecule has 1 rings (SSSR count). The molecule has 3 nitrogen and oxygen atoms in total. The van der Waals surface area contributed by atoms with Crippen molar-refractivity contribution in [1.29, 1.82) is 0 Å². The number of rotatable bonds is 5. The molecule has 0 aromatic carbocycles. The second kappa shape index (κ2) is 5.45. The highest BCUT2D eigenvalue weighted by Gasteiger charge is 2.16. The number of hydrogen-bond donors (Lipinski definition) is 2. The van der Waals surface area contributed by atoms with Crippen molar-refractivity contribution in [3.8, 4) is 0 Å². The molecule has 0 radical (unpaired) electrons. The van der Waals surface area contributed by atoms with E-state index in [0.717, 1.165) is 12.0 Å². The van der Waals surface area contributed by atoms with Crippen LogP contribution >= 0.6 is 11.6 Å². The summed E-state index contributed by atoms with van der Waals surface area (Å²) in [6.07, 6.45) is 4.06. The third-order valence-electron chi connectivity index (χ3n) is 2.44. The first-order valence-electron chi connectivity index (χ1n) is 5.06. The van der Waals surface area contributed by atoms with Crippen molar-refractivity contribution in [1.82, 2.24) is 10.3 Å². The molecule has 1 aromatic rings. The average Bonchev–Trinajstić information content (AvgIpc) is 2.21. The van der Waals surface area contributed by atoms with Crippen molar-refractivity contribution in [2.75, 3.05) is 6.54 Å². The SMILES string of the molecule is CCC(C)(O)CNCc1ccncc1Cl. The Hall–Kier alpha value is -0.640. The van der Waals surface area contributed by atoms with E-state index in [1.54, 1.807) is 12.4 Å². The minimum atomic E-state index is -0.653. The first-order chi connectivity index (χ1) is 7.05. The maximum atomic E-state index is 9.76. The summed E-state index contributed by atoms with van der Waals surface area (Å²) in [5.74, 6) is 0. The number of nitrogens with zero attached hydrogens (tertiary/aromatic N) is 1. The van der Waals surface area contributed by atoms with E-state index >= 15 is 0 Å². The Bertz CT molecular complexity index is 315. The van der Waals surface area contributed by atoms with Crippen LogP contribution in [-0.4, -0.2) is 22.2 Å². The van der Waals surface area contributed by atoms with Crippen LogP contribution in [0.4, 0.5) is 0 Å². The van der Waals surface area contributed by atoms with Gasteiger partial charge in [-0.05, 0) is 25.0 Å². The van der Waals surface area contributed by atoms with Crippen molar-refractivity contribution in [3.05, 3.63) is 29.0 Å². The summed E-state index contributed by atoms with van der Waals surface area (Å²) >= 11 is 5.94. The molecule has 0 aliphatic rings. The fraction of sp³-hybridized carbons (Fsp3) is 0.545. The molecule has 15 heavy (non-hydrogen) atoms. The normalized spacial score (nSPS) is 14.9. The van der Waals surface area contributed by atoms with Gasteiger partial charge in [0.2, 0.25) is 0 Å². The summed E-state index contributed by atoms with van der Waals surface area (Å²) in [4.78, 5) is 3.91. The predicted molar refractivity (Wildman–Crippen MR) is 61.9 cm³/mol. The van der Waals surface area contributed by atoms with Gasteiger partial charge >= 0.3 is 0 Å². The van der Waals surface area contributed by atoms with Gasteiger partial charge in [-0.15, -0.1) is 0 Å². The van der Waals surface area contributed by atoms with E-state index < -0.39 is 5.60 Å². The summed E-state index contributed by atoms with van der Waals surface area (Å²) in [5, 5.41) is 13.6. The smallest absolute Gasteiger partial charge is 0.0741 e. The quantitative estimate of drug-likeness (QED) is 0.810. The minimum absolute atomic E-state index is 0.558. The Kier molecular flexibility index (Phi) is 4.51. The molecule has 1 atom stereocenters. The number of halogens is 1. The van der Waals surface area contributed by atoms with Gasteiger partial charge in [0.1, 0.15) is 0 Å². The van der Waals surface area contributed by atoms with Crippen LogP contribution < -0.4 is 5.32 Å². The van der Waals surface area contributed by atoms with Crippen LogP contribution in [0, 0.1) is 0 Å². The van der Waals surface area contributed by atoms with Gasteiger partial charge in [-0.3, -0.25) is 4.98 Å². The van der Waals surface area contributed by atoms with Gasteiger partial charge in [0, 0.05) is 25.5 Å². The fourth-order valence-electron chi connectivity index (χ4n) is 1.14. The monoisotopic (exact) mass is 228 g/mol. The largest absolute Gasteiger partial charge is 0.389 e. The molecular weight excluding hydrogens is 212 g/mol. The average molecular weight is 229 g/mol. The molecule has 1 aromatic heterocycles. The molecule has 1 unspecified atom stereocenters. The van der Waals surface area contributed by atoms with Crippen LogP contribution in [0.1, 0.15) is 25.8 Å². The summed E-state index contributed by atoms with van der Waals surface area (Å²) in [7, 11) is 0. The molecule has 4 heteroatoms. The van der Waals surface area contributed by atoms with E-state index in [0.29, 0.717) is 18.1 Å². The second-order valence-corrected chi connectivity index (χ2v) is 4.33. The van der Waals surface area contributed by atoms with Gasteiger partial charge in [0.05, 0.1) is 10.6 Å². The van der Waals surface area contributed by atoms with Crippen LogP contribution in [0.5, 0.6) is 0 Å². The van der Waals surface area contributed by atoms with Gasteiger partial charge < -0.3 is 10.4 Å². The van der Waals surface area contributed by atoms with Gasteiger partial charge in [-0.1, -0.05) is 18.5 Å². The van der Waals surface area contributed by atoms with E-state index in [9.17, 15) is 5.11 Å². The minimum Gasteiger partial charge on any atom is -0.389 e. The molecule has 0 saturated heterocycles. The van der Waals surface area contributed by atoms with Crippen molar-refractivity contribution >= 4 is 11.6 Å². The number of aromatic nitrogens is 1. The lowest BCUT2D eigenvalue weighted by Gasteiger charge is -2.21. The van der Waals surface area contributed by atoms with E-state index in [4.69, 9.17) is 11.6 Å². The zero-order valence-corrected chi connectivity index (χ0v) is 9.88. The van der Waals surface area contributed by atoms with Gasteiger partial charge in [0.25, 0.3) is 0 Å². The molecule has 0 aliphatic carbocycles. The zero-order valence-electron chi connectivity index (χ0n) is 9.13. The summed E-state index contributed by atoms with van der Waals surface area (Å²) in [6, 6.07) is 1.87. The lowest BCUT2D eigenvalue weighted by Crippen LogP contribution is -2.36. The third kappa shape index (κ3) is 4.16. The first kappa shape index (κ1) is 12.4. The van der Waals surface area contributed by atoms with Crippen LogP contribution in [0.25, 0.3) is 0 Å². The van der Waals surface area contributed by atoms with E-state index in [1.165, 1.54) is 0 Å². The van der Waals surface area contributed by atoms with Crippen molar-refractivity contribution < 1.29 is 5.11 Å². The van der Waals surface area contributed by atoms with E-state index in [2.05, 4.69) is 10.3 Å². The molecule has 0 fully saturated rings. The zero-order chi connectivity index (χ0) is 11.3. The molecule has 0 aliphatic heterocycles. The van der Waals surface area contributed by atoms with Crippen molar-refractivity contribution in [2.24, 2.45) is 0 Å². The topological polar surface area (TPSA) is 45.1 Å². The molecule has 0 amide bonds. The van der Waals surface area contributed by atoms with Crippen LogP contribution in [0.15, 0.2) is 18.5 Å². The van der Waals surface area contributed by atoms with Crippen LogP contribution in [0.3, 0.4) is 0 Å². The Morgan fingerprint density at radius 3 is 2.93 bits per heavy atom. The summed E-state index contributed by atoms with van der Waals surface area (Å²) in [5.41, 5.74) is 0.345. The second-order valence-electron chi connectivity index (χ2n) is 3.92. The fourth-order valence-corrected chi connectivity index (χ4v) is 1.32. The lowest BCUT2D eigenvalue weighted by molar-refractivity contribution is 0.0555. The molecule has 1 heterocycles. The molecule has 0 bridgehead atoms. The highest BCUT2D eigenvalue weighted by molar-refractivity contribution is 6.31. The Labute approximate surface area is 95.5 Å². The molecule has 0 saturated carbocycles. The summed E-state index contributed by atoms with van der Waals surface area (Å²) in [6.45, 7) is 4.98. The molecule has 84 valence electrons. The maximum Gasteiger partial charge on any atom is 0.0741 e. The molecule has 2 N–H and O–H groups in total. The number of pyridine rings is 1. The highest BCUT2D eigenvalue weighted by Crippen LogP contribution is 2.13. The molecular formula is C11H17ClN2O. The Morgan fingerprint density at radius 2 is 2.33 bits per heavy atom. The summed E-state index contributed by atoms with van der Waals surface area (Å²) < 4.78 is 0. The number of nitrogens with one attached hydrogen (secondary N) is 1. The van der Waals surface area contributed by atoms with Crippen molar-refractivity contribution in [3.63, 3.8) is 0 Å². The number of aliphatic hydroxyl groups is 1. The van der Waals surface area contributed by atoms with Gasteiger partial charge in [-0.25, -0.2) is 0 Å². The first-order valence-corrected chi connectivity index (χ1v) is 5.44. The lowest BCUT2D eigenvalue weighted by atomic mass is 10.0. The maximum absolute atomic E-state index is 9.76. The highest BCUT2D eigenvalue weighted by atomic mass is 35.5. The van der Waals surface area contributed by atoms with Crippen molar-refractivity contribution in [2.45, 2.75) is 32.4 Å².